The molecule has 25 heavy (non-hydrogen) atoms. The molecule has 0 radical (unpaired) electrons. The van der Waals surface area contributed by atoms with Crippen LogP contribution in [0.3, 0.4) is 0 Å². The summed E-state index contributed by atoms with van der Waals surface area (Å²) < 4.78 is 0. The highest BCUT2D eigenvalue weighted by atomic mass is 15.2. The summed E-state index contributed by atoms with van der Waals surface area (Å²) in [6, 6.07) is 19.7. The number of hydrogen-bond donors (Lipinski definition) is 0. The van der Waals surface area contributed by atoms with E-state index >= 15 is 0 Å². The van der Waals surface area contributed by atoms with Gasteiger partial charge < -0.3 is 0 Å². The van der Waals surface area contributed by atoms with E-state index in [0.717, 1.165) is 31.1 Å². The smallest absolute Gasteiger partial charge is 0.0991 e. The Kier molecular flexibility index (Phi) is 4.33. The van der Waals surface area contributed by atoms with Crippen molar-refractivity contribution in [1.29, 1.82) is 5.26 Å². The first-order valence-corrected chi connectivity index (χ1v) is 9.13. The predicted molar refractivity (Wildman–Crippen MR) is 100.0 cm³/mol. The molecule has 0 amide bonds. The van der Waals surface area contributed by atoms with Crippen LogP contribution in [0.2, 0.25) is 0 Å². The third-order valence-corrected chi connectivity index (χ3v) is 5.94. The van der Waals surface area contributed by atoms with Gasteiger partial charge in [0.05, 0.1) is 11.6 Å². The van der Waals surface area contributed by atoms with Crippen LogP contribution >= 0.6 is 0 Å². The predicted octanol–water partition coefficient (Wildman–Crippen LogP) is 3.60. The van der Waals surface area contributed by atoms with Crippen molar-refractivity contribution in [2.24, 2.45) is 11.8 Å². The molecule has 128 valence electrons. The van der Waals surface area contributed by atoms with Crippen LogP contribution in [0.5, 0.6) is 0 Å². The first-order valence-electron chi connectivity index (χ1n) is 9.13. The van der Waals surface area contributed by atoms with E-state index in [1.165, 1.54) is 23.2 Å². The highest BCUT2D eigenvalue weighted by Gasteiger charge is 2.46. The lowest BCUT2D eigenvalue weighted by molar-refractivity contribution is 0.224. The fourth-order valence-electron chi connectivity index (χ4n) is 4.86. The second-order valence-electron chi connectivity index (χ2n) is 7.67. The van der Waals surface area contributed by atoms with E-state index < -0.39 is 0 Å². The molecular weight excluding hydrogens is 306 g/mol. The maximum atomic E-state index is 9.10. The van der Waals surface area contributed by atoms with Crippen LogP contribution in [-0.2, 0) is 6.54 Å². The zero-order valence-electron chi connectivity index (χ0n) is 15.0. The molecule has 0 aromatic heterocycles. The van der Waals surface area contributed by atoms with Gasteiger partial charge in [-0.15, -0.1) is 0 Å². The number of hydrogen-bond acceptors (Lipinski definition) is 3. The Morgan fingerprint density at radius 1 is 1.08 bits per heavy atom. The first-order chi connectivity index (χ1) is 12.2. The molecule has 0 saturated carbocycles. The van der Waals surface area contributed by atoms with Gasteiger partial charge in [-0.3, -0.25) is 9.80 Å². The third kappa shape index (κ3) is 3.08. The molecule has 2 aliphatic heterocycles. The Balaban J connectivity index is 1.51. The first kappa shape index (κ1) is 16.3. The van der Waals surface area contributed by atoms with Gasteiger partial charge in [0.25, 0.3) is 0 Å². The second-order valence-corrected chi connectivity index (χ2v) is 7.67. The van der Waals surface area contributed by atoms with E-state index in [2.05, 4.69) is 60.2 Å². The molecule has 2 aromatic rings. The van der Waals surface area contributed by atoms with Crippen molar-refractivity contribution in [3.8, 4) is 6.07 Å². The van der Waals surface area contributed by atoms with Crippen molar-refractivity contribution >= 4 is 0 Å². The van der Waals surface area contributed by atoms with Gasteiger partial charge in [-0.1, -0.05) is 36.4 Å². The van der Waals surface area contributed by atoms with Gasteiger partial charge in [-0.25, -0.2) is 0 Å². The minimum Gasteiger partial charge on any atom is -0.299 e. The fraction of sp³-hybridized carbons (Fsp3) is 0.409. The Hall–Kier alpha value is -2.15. The van der Waals surface area contributed by atoms with E-state index in [0.29, 0.717) is 12.0 Å². The summed E-state index contributed by atoms with van der Waals surface area (Å²) >= 11 is 0. The van der Waals surface area contributed by atoms with E-state index in [4.69, 9.17) is 5.26 Å². The van der Waals surface area contributed by atoms with Gasteiger partial charge in [0.15, 0.2) is 0 Å². The molecular formula is C22H25N3. The molecule has 0 spiro atoms. The Morgan fingerprint density at radius 2 is 1.92 bits per heavy atom. The summed E-state index contributed by atoms with van der Waals surface area (Å²) in [5.74, 6) is 1.44. The molecule has 2 heterocycles. The van der Waals surface area contributed by atoms with Crippen LogP contribution in [0.1, 0.15) is 28.3 Å². The SMILES string of the molecule is Cc1ccccc1[C@@H]1[C@@H]2CN(Cc3cccc(C#N)c3)C[C@@H]2CN1C. The number of aryl methyl sites for hydroxylation is 1. The topological polar surface area (TPSA) is 30.3 Å². The van der Waals surface area contributed by atoms with E-state index in [1.54, 1.807) is 0 Å². The lowest BCUT2D eigenvalue weighted by Gasteiger charge is -2.28. The summed E-state index contributed by atoms with van der Waals surface area (Å²) in [6.07, 6.45) is 0. The van der Waals surface area contributed by atoms with Crippen molar-refractivity contribution in [1.82, 2.24) is 9.80 Å². The van der Waals surface area contributed by atoms with Crippen LogP contribution in [0.15, 0.2) is 48.5 Å². The van der Waals surface area contributed by atoms with Crippen molar-refractivity contribution in [3.05, 3.63) is 70.8 Å². The number of nitriles is 1. The average Bonchev–Trinajstić information content (AvgIpc) is 3.11. The quantitative estimate of drug-likeness (QED) is 0.861. The minimum atomic E-state index is 0.529. The summed E-state index contributed by atoms with van der Waals surface area (Å²) in [7, 11) is 2.27. The fourth-order valence-corrected chi connectivity index (χ4v) is 4.86. The van der Waals surface area contributed by atoms with Crippen molar-refractivity contribution in [2.45, 2.75) is 19.5 Å². The van der Waals surface area contributed by atoms with Crippen molar-refractivity contribution < 1.29 is 0 Å². The van der Waals surface area contributed by atoms with Gasteiger partial charge in [0, 0.05) is 32.2 Å². The zero-order valence-corrected chi connectivity index (χ0v) is 15.0. The maximum Gasteiger partial charge on any atom is 0.0991 e. The zero-order chi connectivity index (χ0) is 17.4. The van der Waals surface area contributed by atoms with E-state index in [9.17, 15) is 0 Å². The number of benzene rings is 2. The summed E-state index contributed by atoms with van der Waals surface area (Å²) in [4.78, 5) is 5.12. The Morgan fingerprint density at radius 3 is 2.72 bits per heavy atom. The molecule has 2 fully saturated rings. The largest absolute Gasteiger partial charge is 0.299 e. The molecule has 0 unspecified atom stereocenters. The Bertz CT molecular complexity index is 807. The number of nitrogens with zero attached hydrogens (tertiary/aromatic N) is 3. The molecule has 0 aliphatic carbocycles. The van der Waals surface area contributed by atoms with E-state index in [-0.39, 0.29) is 0 Å². The van der Waals surface area contributed by atoms with E-state index in [1.807, 2.05) is 18.2 Å². The molecule has 2 saturated heterocycles. The number of likely N-dealkylation sites (tertiary alicyclic amines) is 2. The van der Waals surface area contributed by atoms with Crippen LogP contribution in [0, 0.1) is 30.1 Å². The van der Waals surface area contributed by atoms with Gasteiger partial charge >= 0.3 is 0 Å². The van der Waals surface area contributed by atoms with Crippen LogP contribution in [-0.4, -0.2) is 36.5 Å². The van der Waals surface area contributed by atoms with Crippen molar-refractivity contribution in [3.63, 3.8) is 0 Å². The standard InChI is InChI=1S/C22H25N3/c1-16-6-3-4-9-20(16)22-21-15-25(14-19(21)13-24(22)2)12-18-8-5-7-17(10-18)11-23/h3-10,19,21-22H,12-15H2,1-2H3/t19-,21+,22+/m0/s1. The third-order valence-electron chi connectivity index (χ3n) is 5.94. The number of rotatable bonds is 3. The monoisotopic (exact) mass is 331 g/mol. The van der Waals surface area contributed by atoms with Crippen molar-refractivity contribution in [2.75, 3.05) is 26.7 Å². The van der Waals surface area contributed by atoms with Crippen LogP contribution in [0.4, 0.5) is 0 Å². The summed E-state index contributed by atoms with van der Waals surface area (Å²) in [5, 5.41) is 9.10. The van der Waals surface area contributed by atoms with Gasteiger partial charge in [0.2, 0.25) is 0 Å². The molecule has 4 rings (SSSR count). The van der Waals surface area contributed by atoms with Gasteiger partial charge in [0.1, 0.15) is 0 Å². The number of fused-ring (bicyclic) bond motifs is 1. The molecule has 0 bridgehead atoms. The second kappa shape index (κ2) is 6.63. The molecule has 3 atom stereocenters. The van der Waals surface area contributed by atoms with Crippen LogP contribution in [0.25, 0.3) is 0 Å². The lowest BCUT2D eigenvalue weighted by atomic mass is 9.88. The molecule has 3 heteroatoms. The molecule has 3 nitrogen and oxygen atoms in total. The maximum absolute atomic E-state index is 9.10. The highest BCUT2D eigenvalue weighted by molar-refractivity contribution is 5.33. The average molecular weight is 331 g/mol. The Labute approximate surface area is 150 Å². The molecule has 2 aliphatic rings. The minimum absolute atomic E-state index is 0.529. The van der Waals surface area contributed by atoms with Gasteiger partial charge in [-0.05, 0) is 54.6 Å². The van der Waals surface area contributed by atoms with Gasteiger partial charge in [-0.2, -0.15) is 5.26 Å². The molecule has 2 aromatic carbocycles. The highest BCUT2D eigenvalue weighted by Crippen LogP contribution is 2.45. The lowest BCUT2D eigenvalue weighted by Crippen LogP contribution is -2.29. The summed E-state index contributed by atoms with van der Waals surface area (Å²) in [6.45, 7) is 6.67. The van der Waals surface area contributed by atoms with Crippen LogP contribution < -0.4 is 0 Å². The summed E-state index contributed by atoms with van der Waals surface area (Å²) in [5.41, 5.74) is 4.90. The molecule has 0 N–H and O–H groups in total. The normalized spacial score (nSPS) is 26.5.